The van der Waals surface area contributed by atoms with Crippen LogP contribution in [0.2, 0.25) is 0 Å². The fourth-order valence-corrected chi connectivity index (χ4v) is 3.23. The number of hydrogen-bond donors (Lipinski definition) is 1. The predicted octanol–water partition coefficient (Wildman–Crippen LogP) is 2.91. The molecule has 0 saturated heterocycles. The second kappa shape index (κ2) is 9.48. The molecule has 4 heteroatoms. The standard InChI is InChI=1S/C20H32N4/c1-5-6-9-13-23(4)20(21-3)22-15-17(2)24-14-12-18-10-7-8-11-19(18)16-24/h5,7-8,10-11,17H,1,6,9,12-16H2,2-4H3,(H,21,22). The average Bonchev–Trinajstić information content (AvgIpc) is 2.61. The summed E-state index contributed by atoms with van der Waals surface area (Å²) in [6.45, 7) is 10.2. The van der Waals surface area contributed by atoms with Crippen molar-refractivity contribution in [1.29, 1.82) is 0 Å². The van der Waals surface area contributed by atoms with Crippen LogP contribution in [0.3, 0.4) is 0 Å². The van der Waals surface area contributed by atoms with Crippen molar-refractivity contribution in [3.05, 3.63) is 48.0 Å². The van der Waals surface area contributed by atoms with Gasteiger partial charge in [0.15, 0.2) is 5.96 Å². The minimum Gasteiger partial charge on any atom is -0.355 e. The van der Waals surface area contributed by atoms with Gasteiger partial charge in [-0.2, -0.15) is 0 Å². The van der Waals surface area contributed by atoms with Crippen LogP contribution < -0.4 is 5.32 Å². The highest BCUT2D eigenvalue weighted by Gasteiger charge is 2.20. The molecule has 1 aromatic carbocycles. The van der Waals surface area contributed by atoms with Crippen molar-refractivity contribution in [2.24, 2.45) is 4.99 Å². The van der Waals surface area contributed by atoms with E-state index in [2.05, 4.69) is 64.9 Å². The molecule has 1 N–H and O–H groups in total. The molecule has 1 aliphatic rings. The van der Waals surface area contributed by atoms with Crippen LogP contribution in [-0.2, 0) is 13.0 Å². The molecule has 0 aromatic heterocycles. The van der Waals surface area contributed by atoms with Gasteiger partial charge in [-0.15, -0.1) is 6.58 Å². The van der Waals surface area contributed by atoms with Gasteiger partial charge in [0.2, 0.25) is 0 Å². The number of unbranched alkanes of at least 4 members (excludes halogenated alkanes) is 1. The van der Waals surface area contributed by atoms with Gasteiger partial charge in [-0.1, -0.05) is 30.3 Å². The van der Waals surface area contributed by atoms with Crippen molar-refractivity contribution >= 4 is 5.96 Å². The molecule has 0 bridgehead atoms. The van der Waals surface area contributed by atoms with Gasteiger partial charge in [0.25, 0.3) is 0 Å². The Balaban J connectivity index is 1.81. The number of allylic oxidation sites excluding steroid dienone is 1. The zero-order chi connectivity index (χ0) is 17.4. The first-order valence-electron chi connectivity index (χ1n) is 8.99. The van der Waals surface area contributed by atoms with Crippen LogP contribution in [0.25, 0.3) is 0 Å². The Morgan fingerprint density at radius 2 is 2.17 bits per heavy atom. The van der Waals surface area contributed by atoms with E-state index < -0.39 is 0 Å². The van der Waals surface area contributed by atoms with Crippen molar-refractivity contribution < 1.29 is 0 Å². The van der Waals surface area contributed by atoms with Crippen LogP contribution in [0.15, 0.2) is 41.9 Å². The highest BCUT2D eigenvalue weighted by molar-refractivity contribution is 5.79. The lowest BCUT2D eigenvalue weighted by molar-refractivity contribution is 0.190. The Morgan fingerprint density at radius 1 is 1.42 bits per heavy atom. The maximum absolute atomic E-state index is 4.41. The third kappa shape index (κ3) is 5.10. The van der Waals surface area contributed by atoms with Gasteiger partial charge in [-0.3, -0.25) is 9.89 Å². The van der Waals surface area contributed by atoms with Gasteiger partial charge in [0, 0.05) is 46.3 Å². The van der Waals surface area contributed by atoms with E-state index in [4.69, 9.17) is 0 Å². The fraction of sp³-hybridized carbons (Fsp3) is 0.550. The summed E-state index contributed by atoms with van der Waals surface area (Å²) in [6.07, 6.45) is 5.28. The Labute approximate surface area is 147 Å². The summed E-state index contributed by atoms with van der Waals surface area (Å²) < 4.78 is 0. The third-order valence-corrected chi connectivity index (χ3v) is 4.81. The molecular weight excluding hydrogens is 296 g/mol. The van der Waals surface area contributed by atoms with Crippen molar-refractivity contribution in [2.75, 3.05) is 33.7 Å². The molecule has 1 aliphatic heterocycles. The summed E-state index contributed by atoms with van der Waals surface area (Å²) in [4.78, 5) is 9.16. The normalized spacial score (nSPS) is 16.4. The largest absolute Gasteiger partial charge is 0.355 e. The summed E-state index contributed by atoms with van der Waals surface area (Å²) >= 11 is 0. The summed E-state index contributed by atoms with van der Waals surface area (Å²) in [6, 6.07) is 9.29. The summed E-state index contributed by atoms with van der Waals surface area (Å²) in [5.41, 5.74) is 2.98. The van der Waals surface area contributed by atoms with Gasteiger partial charge in [0.05, 0.1) is 0 Å². The maximum atomic E-state index is 4.41. The molecule has 132 valence electrons. The topological polar surface area (TPSA) is 30.9 Å². The second-order valence-electron chi connectivity index (χ2n) is 6.62. The van der Waals surface area contributed by atoms with E-state index in [-0.39, 0.29) is 0 Å². The molecule has 2 rings (SSSR count). The highest BCUT2D eigenvalue weighted by Crippen LogP contribution is 2.19. The minimum absolute atomic E-state index is 0.483. The van der Waals surface area contributed by atoms with Crippen molar-refractivity contribution in [3.63, 3.8) is 0 Å². The maximum Gasteiger partial charge on any atom is 0.193 e. The highest BCUT2D eigenvalue weighted by atomic mass is 15.3. The summed E-state index contributed by atoms with van der Waals surface area (Å²) in [7, 11) is 3.95. The van der Waals surface area contributed by atoms with Crippen LogP contribution in [0.5, 0.6) is 0 Å². The molecule has 1 atom stereocenters. The minimum atomic E-state index is 0.483. The third-order valence-electron chi connectivity index (χ3n) is 4.81. The number of guanidine groups is 1. The van der Waals surface area contributed by atoms with Gasteiger partial charge in [-0.25, -0.2) is 0 Å². The lowest BCUT2D eigenvalue weighted by Crippen LogP contribution is -2.47. The van der Waals surface area contributed by atoms with Crippen LogP contribution in [0.4, 0.5) is 0 Å². The average molecular weight is 329 g/mol. The number of fused-ring (bicyclic) bond motifs is 1. The van der Waals surface area contributed by atoms with Gasteiger partial charge >= 0.3 is 0 Å². The molecule has 0 spiro atoms. The van der Waals surface area contributed by atoms with Gasteiger partial charge in [0.1, 0.15) is 0 Å². The molecule has 0 saturated carbocycles. The van der Waals surface area contributed by atoms with E-state index in [1.54, 1.807) is 0 Å². The SMILES string of the molecule is C=CCCCN(C)C(=NC)NCC(C)N1CCc2ccccc2C1. The Bertz CT molecular complexity index is 552. The Kier molecular flexibility index (Phi) is 7.32. The molecule has 0 fully saturated rings. The summed E-state index contributed by atoms with van der Waals surface area (Å²) in [5, 5.41) is 3.53. The van der Waals surface area contributed by atoms with Crippen LogP contribution >= 0.6 is 0 Å². The molecule has 0 radical (unpaired) electrons. The van der Waals surface area contributed by atoms with Crippen LogP contribution in [-0.4, -0.2) is 55.5 Å². The lowest BCUT2D eigenvalue weighted by atomic mass is 9.99. The van der Waals surface area contributed by atoms with E-state index in [9.17, 15) is 0 Å². The fourth-order valence-electron chi connectivity index (χ4n) is 3.23. The first-order chi connectivity index (χ1) is 11.7. The molecule has 1 heterocycles. The zero-order valence-electron chi connectivity index (χ0n) is 15.5. The second-order valence-corrected chi connectivity index (χ2v) is 6.62. The van der Waals surface area contributed by atoms with E-state index in [0.717, 1.165) is 51.4 Å². The van der Waals surface area contributed by atoms with E-state index >= 15 is 0 Å². The monoisotopic (exact) mass is 328 g/mol. The number of nitrogens with one attached hydrogen (secondary N) is 1. The first kappa shape index (κ1) is 18.5. The number of nitrogens with zero attached hydrogens (tertiary/aromatic N) is 3. The Morgan fingerprint density at radius 3 is 2.88 bits per heavy atom. The van der Waals surface area contributed by atoms with Crippen molar-refractivity contribution in [2.45, 2.75) is 38.8 Å². The molecule has 4 nitrogen and oxygen atoms in total. The van der Waals surface area contributed by atoms with Crippen molar-refractivity contribution in [1.82, 2.24) is 15.1 Å². The first-order valence-corrected chi connectivity index (χ1v) is 8.99. The van der Waals surface area contributed by atoms with E-state index in [1.807, 2.05) is 13.1 Å². The predicted molar refractivity (Wildman–Crippen MR) is 103 cm³/mol. The van der Waals surface area contributed by atoms with Crippen molar-refractivity contribution in [3.8, 4) is 0 Å². The quantitative estimate of drug-likeness (QED) is 0.361. The molecule has 0 aliphatic carbocycles. The zero-order valence-corrected chi connectivity index (χ0v) is 15.5. The van der Waals surface area contributed by atoms with E-state index in [1.165, 1.54) is 11.1 Å². The number of aliphatic imine (C=N–C) groups is 1. The summed E-state index contributed by atoms with van der Waals surface area (Å²) in [5.74, 6) is 0.975. The molecule has 1 unspecified atom stereocenters. The number of hydrogen-bond acceptors (Lipinski definition) is 2. The van der Waals surface area contributed by atoms with Gasteiger partial charge < -0.3 is 10.2 Å². The Hall–Kier alpha value is -1.81. The van der Waals surface area contributed by atoms with E-state index in [0.29, 0.717) is 6.04 Å². The molecule has 24 heavy (non-hydrogen) atoms. The molecule has 1 aromatic rings. The smallest absolute Gasteiger partial charge is 0.193 e. The number of rotatable bonds is 7. The lowest BCUT2D eigenvalue weighted by Gasteiger charge is -2.34. The van der Waals surface area contributed by atoms with Gasteiger partial charge in [-0.05, 0) is 37.3 Å². The molecule has 0 amide bonds. The number of benzene rings is 1. The van der Waals surface area contributed by atoms with Crippen LogP contribution in [0, 0.1) is 0 Å². The molecular formula is C20H32N4. The van der Waals surface area contributed by atoms with Crippen LogP contribution in [0.1, 0.15) is 30.9 Å².